The highest BCUT2D eigenvalue weighted by molar-refractivity contribution is 6.32. The molecule has 4 nitrogen and oxygen atoms in total. The van der Waals surface area contributed by atoms with Crippen molar-refractivity contribution in [2.24, 2.45) is 0 Å². The standard InChI is InChI=1S/C15H14ClF3N4/c16-13-9-20-10-21-14(13)23-6-4-22(5-7-23)12-3-1-2-11(8-12)15(17,18)19/h1-3,8-10H,4-7H2. The lowest BCUT2D eigenvalue weighted by atomic mass is 10.1. The van der Waals surface area contributed by atoms with Crippen LogP contribution in [0.15, 0.2) is 36.8 Å². The number of alkyl halides is 3. The van der Waals surface area contributed by atoms with Crippen LogP contribution in [0.3, 0.4) is 0 Å². The number of anilines is 2. The van der Waals surface area contributed by atoms with Crippen molar-refractivity contribution in [3.63, 3.8) is 0 Å². The number of hydrogen-bond donors (Lipinski definition) is 0. The van der Waals surface area contributed by atoms with Gasteiger partial charge in [0.25, 0.3) is 0 Å². The van der Waals surface area contributed by atoms with Crippen LogP contribution in [-0.2, 0) is 6.18 Å². The van der Waals surface area contributed by atoms with Gasteiger partial charge in [0.15, 0.2) is 5.82 Å². The van der Waals surface area contributed by atoms with Gasteiger partial charge in [0.05, 0.1) is 11.8 Å². The summed E-state index contributed by atoms with van der Waals surface area (Å²) in [6, 6.07) is 5.40. The highest BCUT2D eigenvalue weighted by Crippen LogP contribution is 2.32. The lowest BCUT2D eigenvalue weighted by Gasteiger charge is -2.37. The predicted molar refractivity (Wildman–Crippen MR) is 82.9 cm³/mol. The molecule has 3 rings (SSSR count). The molecular formula is C15H14ClF3N4. The summed E-state index contributed by atoms with van der Waals surface area (Å²) in [4.78, 5) is 11.9. The molecule has 122 valence electrons. The van der Waals surface area contributed by atoms with E-state index in [1.54, 1.807) is 6.07 Å². The summed E-state index contributed by atoms with van der Waals surface area (Å²) in [5.74, 6) is 0.658. The molecule has 0 unspecified atom stereocenters. The van der Waals surface area contributed by atoms with Gasteiger partial charge >= 0.3 is 6.18 Å². The Labute approximate surface area is 136 Å². The largest absolute Gasteiger partial charge is 0.416 e. The third-order valence-corrected chi connectivity index (χ3v) is 4.03. The summed E-state index contributed by atoms with van der Waals surface area (Å²) >= 11 is 6.08. The minimum Gasteiger partial charge on any atom is -0.368 e. The molecule has 23 heavy (non-hydrogen) atoms. The molecule has 1 aliphatic heterocycles. The first-order chi connectivity index (χ1) is 10.9. The number of nitrogens with zero attached hydrogens (tertiary/aromatic N) is 4. The molecule has 2 aromatic rings. The van der Waals surface area contributed by atoms with Crippen LogP contribution in [0.4, 0.5) is 24.7 Å². The van der Waals surface area contributed by atoms with Gasteiger partial charge in [-0.05, 0) is 18.2 Å². The van der Waals surface area contributed by atoms with Crippen LogP contribution in [-0.4, -0.2) is 36.1 Å². The van der Waals surface area contributed by atoms with E-state index in [4.69, 9.17) is 11.6 Å². The Kier molecular flexibility index (Phi) is 4.30. The second-order valence-corrected chi connectivity index (χ2v) is 5.62. The monoisotopic (exact) mass is 342 g/mol. The van der Waals surface area contributed by atoms with Crippen LogP contribution in [0.2, 0.25) is 5.02 Å². The molecule has 0 amide bonds. The van der Waals surface area contributed by atoms with E-state index in [0.29, 0.717) is 42.7 Å². The third-order valence-electron chi connectivity index (χ3n) is 3.77. The Bertz CT molecular complexity index is 684. The molecule has 0 N–H and O–H groups in total. The zero-order chi connectivity index (χ0) is 16.4. The summed E-state index contributed by atoms with van der Waals surface area (Å²) in [7, 11) is 0. The van der Waals surface area contributed by atoms with Gasteiger partial charge in [0.2, 0.25) is 0 Å². The maximum absolute atomic E-state index is 12.8. The van der Waals surface area contributed by atoms with Crippen molar-refractivity contribution in [1.82, 2.24) is 9.97 Å². The number of hydrogen-bond acceptors (Lipinski definition) is 4. The van der Waals surface area contributed by atoms with E-state index in [0.717, 1.165) is 6.07 Å². The van der Waals surface area contributed by atoms with Gasteiger partial charge in [-0.2, -0.15) is 13.2 Å². The smallest absolute Gasteiger partial charge is 0.368 e. The number of rotatable bonds is 2. The minimum absolute atomic E-state index is 0.472. The Morgan fingerprint density at radius 3 is 2.39 bits per heavy atom. The molecule has 8 heteroatoms. The van der Waals surface area contributed by atoms with Crippen LogP contribution in [0, 0.1) is 0 Å². The Hall–Kier alpha value is -2.02. The first kappa shape index (κ1) is 15.9. The first-order valence-electron chi connectivity index (χ1n) is 7.08. The molecule has 1 saturated heterocycles. The molecule has 1 fully saturated rings. The van der Waals surface area contributed by atoms with Crippen LogP contribution < -0.4 is 9.80 Å². The first-order valence-corrected chi connectivity index (χ1v) is 7.45. The fraction of sp³-hybridized carbons (Fsp3) is 0.333. The van der Waals surface area contributed by atoms with Gasteiger partial charge in [-0.15, -0.1) is 0 Å². The van der Waals surface area contributed by atoms with E-state index in [2.05, 4.69) is 9.97 Å². The molecule has 0 radical (unpaired) electrons. The zero-order valence-corrected chi connectivity index (χ0v) is 12.8. The summed E-state index contributed by atoms with van der Waals surface area (Å²) in [5.41, 5.74) is -0.0514. The van der Waals surface area contributed by atoms with E-state index < -0.39 is 11.7 Å². The second kappa shape index (κ2) is 6.23. The van der Waals surface area contributed by atoms with Crippen molar-refractivity contribution in [2.75, 3.05) is 36.0 Å². The maximum atomic E-state index is 12.8. The van der Waals surface area contributed by atoms with Crippen LogP contribution in [0.1, 0.15) is 5.56 Å². The van der Waals surface area contributed by atoms with E-state index in [-0.39, 0.29) is 0 Å². The molecular weight excluding hydrogens is 329 g/mol. The average Bonchev–Trinajstić information content (AvgIpc) is 2.55. The van der Waals surface area contributed by atoms with Gasteiger partial charge in [0, 0.05) is 31.9 Å². The van der Waals surface area contributed by atoms with Crippen molar-refractivity contribution >= 4 is 23.1 Å². The zero-order valence-electron chi connectivity index (χ0n) is 12.1. The molecule has 0 aliphatic carbocycles. The van der Waals surface area contributed by atoms with Crippen molar-refractivity contribution in [3.05, 3.63) is 47.4 Å². The van der Waals surface area contributed by atoms with Gasteiger partial charge in [0.1, 0.15) is 11.3 Å². The van der Waals surface area contributed by atoms with Gasteiger partial charge in [-0.25, -0.2) is 9.97 Å². The summed E-state index contributed by atoms with van der Waals surface area (Å²) in [6.07, 6.45) is -1.37. The highest BCUT2D eigenvalue weighted by Gasteiger charge is 2.31. The van der Waals surface area contributed by atoms with Crippen molar-refractivity contribution < 1.29 is 13.2 Å². The second-order valence-electron chi connectivity index (χ2n) is 5.22. The predicted octanol–water partition coefficient (Wildman–Crippen LogP) is 3.48. The summed E-state index contributed by atoms with van der Waals surface area (Å²) < 4.78 is 38.4. The Morgan fingerprint density at radius 1 is 1.04 bits per heavy atom. The van der Waals surface area contributed by atoms with Crippen molar-refractivity contribution in [2.45, 2.75) is 6.18 Å². The van der Waals surface area contributed by atoms with Crippen LogP contribution in [0.25, 0.3) is 0 Å². The lowest BCUT2D eigenvalue weighted by molar-refractivity contribution is -0.137. The SMILES string of the molecule is FC(F)(F)c1cccc(N2CCN(c3ncncc3Cl)CC2)c1. The van der Waals surface area contributed by atoms with Crippen molar-refractivity contribution in [1.29, 1.82) is 0 Å². The quantitative estimate of drug-likeness (QED) is 0.836. The molecule has 0 saturated carbocycles. The topological polar surface area (TPSA) is 32.3 Å². The van der Waals surface area contributed by atoms with E-state index >= 15 is 0 Å². The third kappa shape index (κ3) is 3.50. The number of aromatic nitrogens is 2. The van der Waals surface area contributed by atoms with E-state index in [1.165, 1.54) is 24.7 Å². The lowest BCUT2D eigenvalue weighted by Crippen LogP contribution is -2.47. The van der Waals surface area contributed by atoms with E-state index in [9.17, 15) is 13.2 Å². The van der Waals surface area contributed by atoms with Gasteiger partial charge < -0.3 is 9.80 Å². The Morgan fingerprint density at radius 2 is 1.74 bits per heavy atom. The maximum Gasteiger partial charge on any atom is 0.416 e. The minimum atomic E-state index is -4.33. The molecule has 1 aliphatic rings. The number of benzene rings is 1. The van der Waals surface area contributed by atoms with Gasteiger partial charge in [-0.1, -0.05) is 17.7 Å². The number of piperazine rings is 1. The fourth-order valence-electron chi connectivity index (χ4n) is 2.59. The fourth-order valence-corrected chi connectivity index (χ4v) is 2.82. The van der Waals surface area contributed by atoms with Crippen LogP contribution in [0.5, 0.6) is 0 Å². The summed E-state index contributed by atoms with van der Waals surface area (Å²) in [6.45, 7) is 2.46. The molecule has 0 spiro atoms. The Balaban J connectivity index is 1.71. The van der Waals surface area contributed by atoms with Crippen LogP contribution >= 0.6 is 11.6 Å². The average molecular weight is 343 g/mol. The van der Waals surface area contributed by atoms with Crippen molar-refractivity contribution in [3.8, 4) is 0 Å². The molecule has 2 heterocycles. The molecule has 0 bridgehead atoms. The molecule has 0 atom stereocenters. The number of halogens is 4. The van der Waals surface area contributed by atoms with Gasteiger partial charge in [-0.3, -0.25) is 0 Å². The highest BCUT2D eigenvalue weighted by atomic mass is 35.5. The molecule has 1 aromatic heterocycles. The molecule has 1 aromatic carbocycles. The summed E-state index contributed by atoms with van der Waals surface area (Å²) in [5, 5.41) is 0.472. The van der Waals surface area contributed by atoms with E-state index in [1.807, 2.05) is 9.80 Å². The normalized spacial score (nSPS) is 15.8.